The molecule has 1 N–H and O–H groups in total. The minimum atomic E-state index is -0.896. The Morgan fingerprint density at radius 1 is 1.27 bits per heavy atom. The van der Waals surface area contributed by atoms with Crippen LogP contribution < -0.4 is 10.1 Å². The van der Waals surface area contributed by atoms with Gasteiger partial charge in [0.1, 0.15) is 17.4 Å². The van der Waals surface area contributed by atoms with Gasteiger partial charge in [-0.2, -0.15) is 5.26 Å². The van der Waals surface area contributed by atoms with Crippen molar-refractivity contribution >= 4 is 11.6 Å². The molecule has 0 radical (unpaired) electrons. The fourth-order valence-corrected chi connectivity index (χ4v) is 2.73. The maximum absolute atomic E-state index is 12.8. The van der Waals surface area contributed by atoms with Gasteiger partial charge in [0, 0.05) is 12.3 Å². The highest BCUT2D eigenvalue weighted by Gasteiger charge is 2.35. The van der Waals surface area contributed by atoms with Crippen LogP contribution in [0, 0.1) is 17.2 Å². The Morgan fingerprint density at radius 2 is 2.00 bits per heavy atom. The van der Waals surface area contributed by atoms with Crippen molar-refractivity contribution < 1.29 is 14.3 Å². The lowest BCUT2D eigenvalue weighted by Crippen LogP contribution is -2.44. The molecule has 1 rings (SSSR count). The molecule has 144 valence electrons. The molecule has 1 atom stereocenters. The Labute approximate surface area is 157 Å². The zero-order valence-corrected chi connectivity index (χ0v) is 16.7. The van der Waals surface area contributed by atoms with Crippen LogP contribution in [0.3, 0.4) is 0 Å². The molecule has 0 spiro atoms. The second-order valence-corrected chi connectivity index (χ2v) is 7.16. The Hall–Kier alpha value is -2.06. The fourth-order valence-electron chi connectivity index (χ4n) is 2.73. The molecular weight excluding hydrogens is 328 g/mol. The molecule has 1 aromatic carbocycles. The highest BCUT2D eigenvalue weighted by Crippen LogP contribution is 2.26. The van der Waals surface area contributed by atoms with E-state index in [0.29, 0.717) is 42.6 Å². The fraction of sp³-hybridized carbons (Fsp3) is 0.619. The second kappa shape index (κ2) is 10.8. The van der Waals surface area contributed by atoms with Crippen LogP contribution in [0.4, 0.5) is 5.69 Å². The first kappa shape index (κ1) is 22.0. The molecule has 0 aliphatic heterocycles. The Balaban J connectivity index is 2.90. The molecule has 0 fully saturated rings. The number of carbonyl (C=O) groups is 1. The first-order valence-corrected chi connectivity index (χ1v) is 9.48. The smallest absolute Gasteiger partial charge is 0.256 e. The van der Waals surface area contributed by atoms with Crippen LogP contribution in [0.5, 0.6) is 5.75 Å². The summed E-state index contributed by atoms with van der Waals surface area (Å²) in [5, 5.41) is 12.3. The Morgan fingerprint density at radius 3 is 2.58 bits per heavy atom. The quantitative estimate of drug-likeness (QED) is 0.569. The van der Waals surface area contributed by atoms with Gasteiger partial charge in [0.15, 0.2) is 0 Å². The van der Waals surface area contributed by atoms with E-state index in [1.54, 1.807) is 18.2 Å². The number of anilines is 1. The number of hydrogen-bond acceptors (Lipinski definition) is 4. The number of benzene rings is 1. The van der Waals surface area contributed by atoms with Gasteiger partial charge in [0.25, 0.3) is 5.91 Å². The molecule has 1 amide bonds. The van der Waals surface area contributed by atoms with E-state index in [2.05, 4.69) is 32.2 Å². The van der Waals surface area contributed by atoms with Crippen molar-refractivity contribution in [1.29, 1.82) is 5.26 Å². The average molecular weight is 360 g/mol. The summed E-state index contributed by atoms with van der Waals surface area (Å²) in [6.45, 7) is 11.2. The number of nitrogens with zero attached hydrogens (tertiary/aromatic N) is 1. The van der Waals surface area contributed by atoms with Crippen LogP contribution >= 0.6 is 0 Å². The summed E-state index contributed by atoms with van der Waals surface area (Å²) in [6, 6.07) is 7.27. The number of hydrogen-bond donors (Lipinski definition) is 1. The van der Waals surface area contributed by atoms with Crippen LogP contribution in [0.1, 0.15) is 65.9 Å². The summed E-state index contributed by atoms with van der Waals surface area (Å²) in [6.07, 6.45) is 3.44. The van der Waals surface area contributed by atoms with Gasteiger partial charge in [0.05, 0.1) is 12.2 Å². The molecule has 5 heteroatoms. The van der Waals surface area contributed by atoms with E-state index in [9.17, 15) is 10.1 Å². The summed E-state index contributed by atoms with van der Waals surface area (Å²) < 4.78 is 11.5. The van der Waals surface area contributed by atoms with Gasteiger partial charge in [-0.25, -0.2) is 0 Å². The van der Waals surface area contributed by atoms with E-state index in [4.69, 9.17) is 9.47 Å². The van der Waals surface area contributed by atoms with E-state index >= 15 is 0 Å². The van der Waals surface area contributed by atoms with Gasteiger partial charge in [-0.05, 0) is 50.3 Å². The third kappa shape index (κ3) is 6.68. The number of nitrogens with one attached hydrogen (secondary N) is 1. The highest BCUT2D eigenvalue weighted by atomic mass is 16.5. The first-order valence-electron chi connectivity index (χ1n) is 9.48. The molecule has 5 nitrogen and oxygen atoms in total. The van der Waals surface area contributed by atoms with E-state index < -0.39 is 5.60 Å². The first-order chi connectivity index (χ1) is 12.4. The topological polar surface area (TPSA) is 71.3 Å². The molecule has 1 aromatic rings. The number of rotatable bonds is 11. The van der Waals surface area contributed by atoms with Gasteiger partial charge in [-0.15, -0.1) is 0 Å². The third-order valence-electron chi connectivity index (χ3n) is 4.02. The predicted molar refractivity (Wildman–Crippen MR) is 104 cm³/mol. The number of amides is 1. The number of nitriles is 1. The normalized spacial score (nSPS) is 13.1. The minimum Gasteiger partial charge on any atom is -0.492 e. The molecule has 0 heterocycles. The molecule has 0 aromatic heterocycles. The summed E-state index contributed by atoms with van der Waals surface area (Å²) >= 11 is 0. The molecule has 0 unspecified atom stereocenters. The molecule has 0 saturated heterocycles. The van der Waals surface area contributed by atoms with E-state index in [-0.39, 0.29) is 5.91 Å². The van der Waals surface area contributed by atoms with Gasteiger partial charge >= 0.3 is 0 Å². The van der Waals surface area contributed by atoms with E-state index in [1.807, 2.05) is 13.8 Å². The standard InChI is InChI=1S/C21H32N2O3/c1-6-8-12-25-19-10-9-18(13-17(19)15-22)23-20(24)21(5,14-16(3)4)26-11-7-2/h9-10,13,16H,6-8,11-12,14H2,1-5H3,(H,23,24)/t21-/m1/s1. The van der Waals surface area contributed by atoms with Crippen LogP contribution in [-0.4, -0.2) is 24.7 Å². The molecule has 26 heavy (non-hydrogen) atoms. The van der Waals surface area contributed by atoms with Gasteiger partial charge in [-0.1, -0.05) is 34.1 Å². The average Bonchev–Trinajstić information content (AvgIpc) is 2.60. The molecular formula is C21H32N2O3. The summed E-state index contributed by atoms with van der Waals surface area (Å²) in [5.74, 6) is 0.681. The lowest BCUT2D eigenvalue weighted by molar-refractivity contribution is -0.141. The molecule has 0 aliphatic rings. The Bertz CT molecular complexity index is 622. The van der Waals surface area contributed by atoms with Gasteiger partial charge in [0.2, 0.25) is 0 Å². The summed E-state index contributed by atoms with van der Waals surface area (Å²) in [5.41, 5.74) is 0.0937. The van der Waals surface area contributed by atoms with Crippen LogP contribution in [0.2, 0.25) is 0 Å². The lowest BCUT2D eigenvalue weighted by atomic mass is 9.93. The van der Waals surface area contributed by atoms with Crippen molar-refractivity contribution in [3.8, 4) is 11.8 Å². The SMILES string of the molecule is CCCCOc1ccc(NC(=O)[C@@](C)(CC(C)C)OCCC)cc1C#N. The van der Waals surface area contributed by atoms with Crippen LogP contribution in [0.15, 0.2) is 18.2 Å². The Kier molecular flexibility index (Phi) is 9.15. The van der Waals surface area contributed by atoms with Crippen molar-refractivity contribution in [1.82, 2.24) is 0 Å². The summed E-state index contributed by atoms with van der Waals surface area (Å²) in [7, 11) is 0. The van der Waals surface area contributed by atoms with Crippen LogP contribution in [0.25, 0.3) is 0 Å². The van der Waals surface area contributed by atoms with E-state index in [1.165, 1.54) is 0 Å². The number of ether oxygens (including phenoxy) is 2. The summed E-state index contributed by atoms with van der Waals surface area (Å²) in [4.78, 5) is 12.8. The second-order valence-electron chi connectivity index (χ2n) is 7.16. The van der Waals surface area contributed by atoms with E-state index in [0.717, 1.165) is 19.3 Å². The maximum Gasteiger partial charge on any atom is 0.256 e. The van der Waals surface area contributed by atoms with Crippen molar-refractivity contribution in [2.24, 2.45) is 5.92 Å². The van der Waals surface area contributed by atoms with Gasteiger partial charge in [-0.3, -0.25) is 4.79 Å². The largest absolute Gasteiger partial charge is 0.492 e. The lowest BCUT2D eigenvalue weighted by Gasteiger charge is -2.30. The molecule has 0 saturated carbocycles. The monoisotopic (exact) mass is 360 g/mol. The number of carbonyl (C=O) groups excluding carboxylic acids is 1. The molecule has 0 aliphatic carbocycles. The zero-order valence-electron chi connectivity index (χ0n) is 16.7. The third-order valence-corrected chi connectivity index (χ3v) is 4.02. The van der Waals surface area contributed by atoms with Crippen molar-refractivity contribution in [2.45, 2.75) is 65.9 Å². The maximum atomic E-state index is 12.8. The number of unbranched alkanes of at least 4 members (excludes halogenated alkanes) is 1. The van der Waals surface area contributed by atoms with Crippen molar-refractivity contribution in [3.63, 3.8) is 0 Å². The minimum absolute atomic E-state index is 0.191. The highest BCUT2D eigenvalue weighted by molar-refractivity contribution is 5.97. The molecule has 0 bridgehead atoms. The van der Waals surface area contributed by atoms with Crippen LogP contribution in [-0.2, 0) is 9.53 Å². The van der Waals surface area contributed by atoms with Gasteiger partial charge < -0.3 is 14.8 Å². The zero-order chi connectivity index (χ0) is 19.6. The van der Waals surface area contributed by atoms with Crippen molar-refractivity contribution in [3.05, 3.63) is 23.8 Å². The van der Waals surface area contributed by atoms with Crippen molar-refractivity contribution in [2.75, 3.05) is 18.5 Å². The predicted octanol–water partition coefficient (Wildman–Crippen LogP) is 4.91.